The van der Waals surface area contributed by atoms with E-state index < -0.39 is 11.4 Å². The van der Waals surface area contributed by atoms with Crippen LogP contribution < -0.4 is 16.4 Å². The van der Waals surface area contributed by atoms with E-state index in [-0.39, 0.29) is 12.6 Å². The summed E-state index contributed by atoms with van der Waals surface area (Å²) in [5.74, 6) is -0.826. The number of carbonyl (C=O) groups is 2. The molecule has 1 fully saturated rings. The minimum absolute atomic E-state index is 0.193. The van der Waals surface area contributed by atoms with E-state index >= 15 is 0 Å². The first kappa shape index (κ1) is 11.8. The van der Waals surface area contributed by atoms with Gasteiger partial charge < -0.3 is 21.5 Å². The Morgan fingerprint density at radius 2 is 2.00 bits per heavy atom. The summed E-state index contributed by atoms with van der Waals surface area (Å²) in [5, 5.41) is 14.1. The van der Waals surface area contributed by atoms with Gasteiger partial charge in [0.2, 0.25) is 0 Å². The average Bonchev–Trinajstić information content (AvgIpc) is 2.12. The molecule has 86 valence electrons. The van der Waals surface area contributed by atoms with E-state index in [1.54, 1.807) is 0 Å². The van der Waals surface area contributed by atoms with Gasteiger partial charge in [-0.1, -0.05) is 6.42 Å². The zero-order valence-electron chi connectivity index (χ0n) is 8.58. The van der Waals surface area contributed by atoms with Crippen molar-refractivity contribution in [3.8, 4) is 0 Å². The molecule has 0 bridgehead atoms. The Hall–Kier alpha value is -1.30. The minimum atomic E-state index is -0.826. The van der Waals surface area contributed by atoms with Crippen LogP contribution in [0.2, 0.25) is 0 Å². The minimum Gasteiger partial charge on any atom is -0.481 e. The SMILES string of the molecule is NCCNC(=O)NCC1(C(=O)O)CCC1. The molecular formula is C9H17N3O3. The second-order valence-electron chi connectivity index (χ2n) is 3.84. The zero-order valence-corrected chi connectivity index (χ0v) is 8.58. The maximum Gasteiger partial charge on any atom is 0.314 e. The van der Waals surface area contributed by atoms with Gasteiger partial charge in [-0.3, -0.25) is 4.79 Å². The number of hydrogen-bond acceptors (Lipinski definition) is 3. The van der Waals surface area contributed by atoms with Gasteiger partial charge in [-0.15, -0.1) is 0 Å². The Labute approximate surface area is 88.2 Å². The quantitative estimate of drug-likeness (QED) is 0.496. The van der Waals surface area contributed by atoms with Crippen LogP contribution in [0.4, 0.5) is 4.79 Å². The number of carbonyl (C=O) groups excluding carboxylic acids is 1. The van der Waals surface area contributed by atoms with Gasteiger partial charge in [0.05, 0.1) is 5.41 Å². The van der Waals surface area contributed by atoms with E-state index in [0.29, 0.717) is 25.9 Å². The molecule has 0 aromatic carbocycles. The summed E-state index contributed by atoms with van der Waals surface area (Å²) in [5.41, 5.74) is 4.47. The number of nitrogens with one attached hydrogen (secondary N) is 2. The zero-order chi connectivity index (χ0) is 11.3. The largest absolute Gasteiger partial charge is 0.481 e. The lowest BCUT2D eigenvalue weighted by atomic mass is 9.69. The summed E-state index contributed by atoms with van der Waals surface area (Å²) in [6.07, 6.45) is 2.19. The molecule has 0 saturated heterocycles. The standard InChI is InChI=1S/C9H17N3O3/c10-4-5-11-8(15)12-6-9(7(13)14)2-1-3-9/h1-6,10H2,(H,13,14)(H2,11,12,15). The molecule has 6 nitrogen and oxygen atoms in total. The smallest absolute Gasteiger partial charge is 0.314 e. The van der Waals surface area contributed by atoms with Crippen LogP contribution in [0.25, 0.3) is 0 Å². The summed E-state index contributed by atoms with van der Waals surface area (Å²) in [4.78, 5) is 22.1. The molecule has 0 aromatic heterocycles. The topological polar surface area (TPSA) is 104 Å². The first-order valence-electron chi connectivity index (χ1n) is 5.06. The fourth-order valence-corrected chi connectivity index (χ4v) is 1.57. The van der Waals surface area contributed by atoms with Crippen molar-refractivity contribution in [3.05, 3.63) is 0 Å². The molecule has 1 rings (SSSR count). The number of aliphatic carboxylic acids is 1. The number of hydrogen-bond donors (Lipinski definition) is 4. The van der Waals surface area contributed by atoms with Gasteiger partial charge in [0.25, 0.3) is 0 Å². The van der Waals surface area contributed by atoms with Crippen LogP contribution in [0.1, 0.15) is 19.3 Å². The molecule has 1 aliphatic carbocycles. The molecule has 0 radical (unpaired) electrons. The molecule has 1 saturated carbocycles. The third-order valence-electron chi connectivity index (χ3n) is 2.78. The van der Waals surface area contributed by atoms with Crippen LogP contribution in [-0.2, 0) is 4.79 Å². The Morgan fingerprint density at radius 3 is 2.40 bits per heavy atom. The third-order valence-corrected chi connectivity index (χ3v) is 2.78. The Bertz CT molecular complexity index is 251. The molecule has 6 heteroatoms. The van der Waals surface area contributed by atoms with Gasteiger partial charge >= 0.3 is 12.0 Å². The highest BCUT2D eigenvalue weighted by molar-refractivity contribution is 5.78. The number of nitrogens with two attached hydrogens (primary N) is 1. The Balaban J connectivity index is 2.29. The van der Waals surface area contributed by atoms with E-state index in [9.17, 15) is 9.59 Å². The van der Waals surface area contributed by atoms with Gasteiger partial charge in [0.15, 0.2) is 0 Å². The average molecular weight is 215 g/mol. The van der Waals surface area contributed by atoms with Crippen molar-refractivity contribution in [2.24, 2.45) is 11.1 Å². The second-order valence-corrected chi connectivity index (χ2v) is 3.84. The lowest BCUT2D eigenvalue weighted by Crippen LogP contribution is -2.50. The van der Waals surface area contributed by atoms with Crippen molar-refractivity contribution in [1.82, 2.24) is 10.6 Å². The van der Waals surface area contributed by atoms with E-state index in [4.69, 9.17) is 10.8 Å². The highest BCUT2D eigenvalue weighted by atomic mass is 16.4. The van der Waals surface area contributed by atoms with Gasteiger partial charge in [0, 0.05) is 19.6 Å². The van der Waals surface area contributed by atoms with Crippen LogP contribution in [0, 0.1) is 5.41 Å². The Morgan fingerprint density at radius 1 is 1.33 bits per heavy atom. The molecule has 0 unspecified atom stereocenters. The monoisotopic (exact) mass is 215 g/mol. The van der Waals surface area contributed by atoms with Crippen molar-refractivity contribution >= 4 is 12.0 Å². The molecule has 15 heavy (non-hydrogen) atoms. The number of carboxylic acid groups (broad SMARTS) is 1. The molecule has 0 spiro atoms. The molecule has 0 aliphatic heterocycles. The fourth-order valence-electron chi connectivity index (χ4n) is 1.57. The maximum absolute atomic E-state index is 11.1. The molecule has 2 amide bonds. The molecule has 5 N–H and O–H groups in total. The normalized spacial score (nSPS) is 17.7. The van der Waals surface area contributed by atoms with E-state index in [2.05, 4.69) is 10.6 Å². The van der Waals surface area contributed by atoms with Crippen LogP contribution >= 0.6 is 0 Å². The summed E-state index contributed by atoms with van der Waals surface area (Å²) >= 11 is 0. The molecule has 1 aliphatic rings. The number of carboxylic acids is 1. The van der Waals surface area contributed by atoms with Gasteiger partial charge in [0.1, 0.15) is 0 Å². The lowest BCUT2D eigenvalue weighted by Gasteiger charge is -2.37. The molecule has 0 heterocycles. The van der Waals surface area contributed by atoms with Crippen LogP contribution in [-0.4, -0.2) is 36.7 Å². The van der Waals surface area contributed by atoms with E-state index in [1.165, 1.54) is 0 Å². The van der Waals surface area contributed by atoms with Crippen molar-refractivity contribution in [1.29, 1.82) is 0 Å². The Kier molecular flexibility index (Phi) is 3.90. The van der Waals surface area contributed by atoms with Crippen molar-refractivity contribution in [3.63, 3.8) is 0 Å². The van der Waals surface area contributed by atoms with Crippen LogP contribution in [0.5, 0.6) is 0 Å². The van der Waals surface area contributed by atoms with Gasteiger partial charge in [-0.2, -0.15) is 0 Å². The predicted octanol–water partition coefficient (Wildman–Crippen LogP) is -0.501. The lowest BCUT2D eigenvalue weighted by molar-refractivity contribution is -0.153. The third kappa shape index (κ3) is 2.82. The summed E-state index contributed by atoms with van der Waals surface area (Å²) in [6.45, 7) is 0.960. The number of rotatable bonds is 5. The fraction of sp³-hybridized carbons (Fsp3) is 0.778. The van der Waals surface area contributed by atoms with Gasteiger partial charge in [-0.25, -0.2) is 4.79 Å². The predicted molar refractivity (Wildman–Crippen MR) is 54.4 cm³/mol. The van der Waals surface area contributed by atoms with Crippen molar-refractivity contribution in [2.75, 3.05) is 19.6 Å². The van der Waals surface area contributed by atoms with E-state index in [1.807, 2.05) is 0 Å². The number of amides is 2. The second kappa shape index (κ2) is 4.97. The van der Waals surface area contributed by atoms with E-state index in [0.717, 1.165) is 6.42 Å². The highest BCUT2D eigenvalue weighted by Crippen LogP contribution is 2.40. The van der Waals surface area contributed by atoms with Crippen molar-refractivity contribution in [2.45, 2.75) is 19.3 Å². The molecule has 0 aromatic rings. The van der Waals surface area contributed by atoms with Crippen LogP contribution in [0.15, 0.2) is 0 Å². The molecular weight excluding hydrogens is 198 g/mol. The summed E-state index contributed by atoms with van der Waals surface area (Å²) in [6, 6.07) is -0.354. The summed E-state index contributed by atoms with van der Waals surface area (Å²) < 4.78 is 0. The van der Waals surface area contributed by atoms with Gasteiger partial charge in [-0.05, 0) is 12.8 Å². The maximum atomic E-state index is 11.1. The first-order chi connectivity index (χ1) is 7.10. The highest BCUT2D eigenvalue weighted by Gasteiger charge is 2.44. The molecule has 0 atom stereocenters. The number of urea groups is 1. The first-order valence-corrected chi connectivity index (χ1v) is 5.06. The summed E-state index contributed by atoms with van der Waals surface area (Å²) in [7, 11) is 0. The van der Waals surface area contributed by atoms with Crippen LogP contribution in [0.3, 0.4) is 0 Å². The van der Waals surface area contributed by atoms with Crippen molar-refractivity contribution < 1.29 is 14.7 Å².